The van der Waals surface area contributed by atoms with Gasteiger partial charge in [0.15, 0.2) is 0 Å². The molecule has 2 aliphatic heterocycles. The molecule has 49 heavy (non-hydrogen) atoms. The number of nitrogens with one attached hydrogen (secondary N) is 1. The summed E-state index contributed by atoms with van der Waals surface area (Å²) in [5.41, 5.74) is 3.50. The number of ether oxygens (including phenoxy) is 2. The second-order valence-corrected chi connectivity index (χ2v) is 16.3. The van der Waals surface area contributed by atoms with Crippen LogP contribution >= 0.6 is 11.6 Å². The van der Waals surface area contributed by atoms with Gasteiger partial charge in [-0.25, -0.2) is 4.21 Å². The van der Waals surface area contributed by atoms with Gasteiger partial charge in [-0.05, 0) is 91.3 Å². The Morgan fingerprint density at radius 3 is 2.80 bits per heavy atom. The van der Waals surface area contributed by atoms with Crippen molar-refractivity contribution < 1.29 is 23.3 Å². The molecule has 1 aromatic heterocycles. The summed E-state index contributed by atoms with van der Waals surface area (Å²) in [5, 5.41) is 4.88. The fourth-order valence-electron chi connectivity index (χ4n) is 7.74. The van der Waals surface area contributed by atoms with Crippen molar-refractivity contribution in [1.29, 1.82) is 0 Å². The van der Waals surface area contributed by atoms with Crippen molar-refractivity contribution in [3.8, 4) is 11.6 Å². The van der Waals surface area contributed by atoms with Crippen molar-refractivity contribution >= 4 is 39.0 Å². The Kier molecular flexibility index (Phi) is 9.08. The molecular weight excluding hydrogens is 662 g/mol. The number of hydrogen-bond donors (Lipinski definition) is 1. The van der Waals surface area contributed by atoms with Gasteiger partial charge in [0, 0.05) is 42.3 Å². The molecule has 1 N–H and O–H groups in total. The first-order valence-corrected chi connectivity index (χ1v) is 19.0. The number of aryl methyl sites for hydroxylation is 2. The number of carbonyl (C=O) groups is 2. The van der Waals surface area contributed by atoms with Gasteiger partial charge in [0.2, 0.25) is 5.88 Å². The number of fused-ring (bicyclic) bond motifs is 4. The Labute approximate surface area is 292 Å². The lowest BCUT2D eigenvalue weighted by molar-refractivity contribution is 0.0979. The number of nitrogens with zero attached hydrogens (tertiary/aromatic N) is 4. The van der Waals surface area contributed by atoms with E-state index in [1.54, 1.807) is 13.1 Å². The van der Waals surface area contributed by atoms with Gasteiger partial charge in [-0.15, -0.1) is 9.46 Å². The highest BCUT2D eigenvalue weighted by molar-refractivity contribution is 7.92. The molecule has 4 aliphatic rings. The molecule has 2 aliphatic carbocycles. The molecule has 1 fully saturated rings. The number of hydrogen-bond acceptors (Lipinski definition) is 7. The van der Waals surface area contributed by atoms with Gasteiger partial charge in [0.25, 0.3) is 11.8 Å². The number of halogens is 1. The van der Waals surface area contributed by atoms with Crippen LogP contribution in [0.4, 0.5) is 5.69 Å². The van der Waals surface area contributed by atoms with E-state index in [-0.39, 0.29) is 34.1 Å². The van der Waals surface area contributed by atoms with E-state index in [4.69, 9.17) is 21.1 Å². The largest absolute Gasteiger partial charge is 0.490 e. The van der Waals surface area contributed by atoms with Gasteiger partial charge in [-0.2, -0.15) is 0 Å². The number of benzene rings is 2. The average Bonchev–Trinajstić information content (AvgIpc) is 3.37. The zero-order valence-corrected chi connectivity index (χ0v) is 29.6. The van der Waals surface area contributed by atoms with Crippen LogP contribution in [0.1, 0.15) is 64.4 Å². The lowest BCUT2D eigenvalue weighted by atomic mass is 9.69. The van der Waals surface area contributed by atoms with Gasteiger partial charge >= 0.3 is 0 Å². The van der Waals surface area contributed by atoms with Crippen LogP contribution < -0.4 is 19.1 Å². The van der Waals surface area contributed by atoms with Crippen molar-refractivity contribution in [2.24, 2.45) is 29.2 Å². The lowest BCUT2D eigenvalue weighted by Gasteiger charge is -2.44. The van der Waals surface area contributed by atoms with Gasteiger partial charge < -0.3 is 14.4 Å². The standard InChI is InChI=1S/C37H42ClN5O5S/c1-24-7-4-5-8-25-10-11-28(25)19-43-22-37(16-6-9-26-17-29(38)13-14-31(26)37)23-48-33-15-12-27(18-32(33)43)34(44)40-49(46,21-24)41-35(45)30-20-42(2)39-36(30)47-3/h4-5,7-8,12-15,17-18,20,24-25,28H,6,9-11,16,19,21-23H2,1-3H3,(H,40,41,44,45,46)/b7-4-,8-5+/t24-,25+,28-,37-,49-/m0/s1. The summed E-state index contributed by atoms with van der Waals surface area (Å²) < 4.78 is 34.5. The summed E-state index contributed by atoms with van der Waals surface area (Å²) >= 11 is 6.43. The third kappa shape index (κ3) is 6.75. The van der Waals surface area contributed by atoms with E-state index >= 15 is 0 Å². The van der Waals surface area contributed by atoms with Crippen LogP contribution in [0.3, 0.4) is 0 Å². The number of aromatic nitrogens is 2. The number of anilines is 1. The van der Waals surface area contributed by atoms with Crippen molar-refractivity contribution in [3.05, 3.63) is 94.2 Å². The van der Waals surface area contributed by atoms with E-state index in [0.29, 0.717) is 24.2 Å². The summed E-state index contributed by atoms with van der Waals surface area (Å²) in [6.07, 6.45) is 14.9. The molecule has 1 spiro atoms. The van der Waals surface area contributed by atoms with Gasteiger partial charge in [0.05, 0.1) is 25.2 Å². The highest BCUT2D eigenvalue weighted by atomic mass is 35.5. The quantitative estimate of drug-likeness (QED) is 0.341. The maximum Gasteiger partial charge on any atom is 0.286 e. The van der Waals surface area contributed by atoms with Gasteiger partial charge in [-0.1, -0.05) is 48.9 Å². The van der Waals surface area contributed by atoms with Crippen molar-refractivity contribution in [2.45, 2.75) is 44.4 Å². The smallest absolute Gasteiger partial charge is 0.286 e. The first kappa shape index (κ1) is 33.4. The lowest BCUT2D eigenvalue weighted by Crippen LogP contribution is -2.48. The summed E-state index contributed by atoms with van der Waals surface area (Å²) in [7, 11) is -0.527. The molecule has 1 saturated carbocycles. The van der Waals surface area contributed by atoms with Crippen molar-refractivity contribution in [3.63, 3.8) is 0 Å². The minimum atomic E-state index is -3.58. The highest BCUT2D eigenvalue weighted by Gasteiger charge is 2.43. The van der Waals surface area contributed by atoms with E-state index < -0.39 is 21.7 Å². The summed E-state index contributed by atoms with van der Waals surface area (Å²) in [4.78, 5) is 29.7. The van der Waals surface area contributed by atoms with Crippen LogP contribution in [-0.2, 0) is 28.8 Å². The fourth-order valence-corrected chi connectivity index (χ4v) is 9.74. The van der Waals surface area contributed by atoms with Gasteiger partial charge in [0.1, 0.15) is 21.2 Å². The molecule has 2 amide bonds. The Morgan fingerprint density at radius 1 is 1.16 bits per heavy atom. The fraction of sp³-hybridized carbons (Fsp3) is 0.432. The molecule has 2 bridgehead atoms. The average molecular weight is 704 g/mol. The molecule has 0 unspecified atom stereocenters. The molecule has 10 nitrogen and oxygen atoms in total. The number of allylic oxidation sites excluding steroid dienone is 4. The zero-order valence-electron chi connectivity index (χ0n) is 28.1. The molecule has 0 radical (unpaired) electrons. The summed E-state index contributed by atoms with van der Waals surface area (Å²) in [6.45, 7) is 3.94. The molecule has 3 aromatic rings. The number of methoxy groups -OCH3 is 1. The second kappa shape index (κ2) is 13.3. The van der Waals surface area contributed by atoms with E-state index in [2.05, 4.69) is 43.4 Å². The van der Waals surface area contributed by atoms with Crippen molar-refractivity contribution in [1.82, 2.24) is 14.5 Å². The second-order valence-electron chi connectivity index (χ2n) is 13.9. The molecule has 258 valence electrons. The Hall–Kier alpha value is -4.09. The Balaban J connectivity index is 1.29. The first-order chi connectivity index (χ1) is 23.5. The van der Waals surface area contributed by atoms with Crippen LogP contribution in [0.2, 0.25) is 5.02 Å². The van der Waals surface area contributed by atoms with Crippen molar-refractivity contribution in [2.75, 3.05) is 37.5 Å². The van der Waals surface area contributed by atoms with E-state index in [1.165, 1.54) is 29.1 Å². The third-order valence-electron chi connectivity index (χ3n) is 10.3. The zero-order chi connectivity index (χ0) is 34.3. The Morgan fingerprint density at radius 2 is 2.00 bits per heavy atom. The molecule has 7 rings (SSSR count). The minimum absolute atomic E-state index is 0.0599. The topological polar surface area (TPSA) is 115 Å². The van der Waals surface area contributed by atoms with Crippen LogP contribution in [0.5, 0.6) is 11.6 Å². The maximum atomic E-state index is 14.4. The molecule has 12 heteroatoms. The molecule has 5 atom stereocenters. The van der Waals surface area contributed by atoms with Crippen LogP contribution in [0.15, 0.2) is 71.3 Å². The Bertz CT molecular complexity index is 1980. The summed E-state index contributed by atoms with van der Waals surface area (Å²) in [6, 6.07) is 11.5. The van der Waals surface area contributed by atoms with Crippen LogP contribution in [0, 0.1) is 17.8 Å². The van der Waals surface area contributed by atoms with Gasteiger partial charge in [-0.3, -0.25) is 19.0 Å². The maximum absolute atomic E-state index is 14.4. The highest BCUT2D eigenvalue weighted by Crippen LogP contribution is 2.46. The molecule has 3 heterocycles. The SMILES string of the molecule is COc1nn(C)cc1C(=O)N[S@@]1(=O)=NC(=O)c2ccc3c(c2)N(C[C@@H]2CC[C@H]2/C=C/C=C\[C@H](C)C1)C[C@@]1(CCCc2cc(Cl)ccc21)CO3. The predicted molar refractivity (Wildman–Crippen MR) is 191 cm³/mol. The van der Waals surface area contributed by atoms with E-state index in [9.17, 15) is 13.8 Å². The van der Waals surface area contributed by atoms with Crippen LogP contribution in [-0.4, -0.2) is 58.4 Å². The van der Waals surface area contributed by atoms with E-state index in [0.717, 1.165) is 55.9 Å². The number of amides is 2. The molecule has 2 aromatic carbocycles. The third-order valence-corrected chi connectivity index (χ3v) is 12.5. The first-order valence-electron chi connectivity index (χ1n) is 16.9. The monoisotopic (exact) mass is 703 g/mol. The summed E-state index contributed by atoms with van der Waals surface area (Å²) in [5.74, 6) is -0.00852. The predicted octanol–water partition coefficient (Wildman–Crippen LogP) is 6.30. The number of rotatable bonds is 3. The minimum Gasteiger partial charge on any atom is -0.490 e. The number of carbonyl (C=O) groups excluding carboxylic acids is 2. The van der Waals surface area contributed by atoms with E-state index in [1.807, 2.05) is 37.3 Å². The molecule has 0 saturated heterocycles. The normalized spacial score (nSPS) is 29.3. The van der Waals surface area contributed by atoms with Crippen LogP contribution in [0.25, 0.3) is 0 Å². The molecular formula is C37H42ClN5O5S.